The molecule has 0 radical (unpaired) electrons. The summed E-state index contributed by atoms with van der Waals surface area (Å²) in [5.41, 5.74) is 1.46. The van der Waals surface area contributed by atoms with Gasteiger partial charge in [0.1, 0.15) is 17.4 Å². The largest absolute Gasteiger partial charge is 0.493 e. The van der Waals surface area contributed by atoms with Crippen LogP contribution >= 0.6 is 0 Å². The Labute approximate surface area is 194 Å². The lowest BCUT2D eigenvalue weighted by molar-refractivity contribution is -0.122. The zero-order valence-corrected chi connectivity index (χ0v) is 18.7. The van der Waals surface area contributed by atoms with Crippen LogP contribution in [0.5, 0.6) is 5.75 Å². The van der Waals surface area contributed by atoms with E-state index in [1.165, 1.54) is 6.08 Å². The quantitative estimate of drug-likeness (QED) is 0.234. The lowest BCUT2D eigenvalue weighted by atomic mass is 9.76. The molecule has 2 aromatic carbocycles. The lowest BCUT2D eigenvalue weighted by Crippen LogP contribution is -2.48. The van der Waals surface area contributed by atoms with Gasteiger partial charge in [-0.05, 0) is 49.6 Å². The maximum atomic E-state index is 12.2. The van der Waals surface area contributed by atoms with Crippen LogP contribution < -0.4 is 15.4 Å². The summed E-state index contributed by atoms with van der Waals surface area (Å²) in [6, 6.07) is 17.8. The van der Waals surface area contributed by atoms with E-state index in [1.807, 2.05) is 50.2 Å². The molecule has 2 rings (SSSR count). The highest BCUT2D eigenvalue weighted by Gasteiger charge is 2.25. The first-order valence-corrected chi connectivity index (χ1v) is 10.6. The molecule has 0 aromatic heterocycles. The first kappa shape index (κ1) is 25.7. The van der Waals surface area contributed by atoms with Crippen molar-refractivity contribution in [3.8, 4) is 11.8 Å². The van der Waals surface area contributed by atoms with Crippen molar-refractivity contribution in [1.29, 1.82) is 5.26 Å². The van der Waals surface area contributed by atoms with E-state index in [-0.39, 0.29) is 37.0 Å². The van der Waals surface area contributed by atoms with Gasteiger partial charge >= 0.3 is 7.12 Å². The molecule has 4 N–H and O–H groups in total. The van der Waals surface area contributed by atoms with Crippen molar-refractivity contribution in [3.05, 3.63) is 71.3 Å². The molecule has 0 saturated carbocycles. The van der Waals surface area contributed by atoms with Crippen molar-refractivity contribution < 1.29 is 24.4 Å². The maximum absolute atomic E-state index is 12.2. The number of hydrogen-bond acceptors (Lipinski definition) is 6. The minimum absolute atomic E-state index is 0.0122. The molecule has 8 nitrogen and oxygen atoms in total. The van der Waals surface area contributed by atoms with Crippen molar-refractivity contribution in [2.45, 2.75) is 38.7 Å². The monoisotopic (exact) mass is 449 g/mol. The van der Waals surface area contributed by atoms with Gasteiger partial charge in [-0.25, -0.2) is 0 Å². The van der Waals surface area contributed by atoms with Gasteiger partial charge in [-0.15, -0.1) is 0 Å². The van der Waals surface area contributed by atoms with Gasteiger partial charge in [0.15, 0.2) is 0 Å². The zero-order valence-electron chi connectivity index (χ0n) is 18.7. The molecule has 33 heavy (non-hydrogen) atoms. The van der Waals surface area contributed by atoms with Gasteiger partial charge in [0, 0.05) is 6.04 Å². The Balaban J connectivity index is 1.90. The molecular weight excluding hydrogens is 421 g/mol. The maximum Gasteiger partial charge on any atom is 0.475 e. The standard InChI is InChI=1S/C24H28BN3O5/c1-17(2)27-24(30)20(16-26)13-19-9-6-10-21(14-19)33-12-11-23(29)28-22(25(31)32)15-18-7-4-3-5-8-18/h3-10,13-14,17,22,31-32H,11-12,15H2,1-2H3,(H,27,30)(H,28,29). The Bertz CT molecular complexity index is 1000. The molecule has 0 aliphatic carbocycles. The van der Waals surface area contributed by atoms with Gasteiger partial charge in [-0.1, -0.05) is 42.5 Å². The number of rotatable bonds is 11. The molecule has 1 atom stereocenters. The van der Waals surface area contributed by atoms with Crippen LogP contribution in [0.4, 0.5) is 0 Å². The number of ether oxygens (including phenoxy) is 1. The number of carbonyl (C=O) groups is 2. The highest BCUT2D eigenvalue weighted by Crippen LogP contribution is 2.16. The molecule has 0 bridgehead atoms. The first-order chi connectivity index (χ1) is 15.8. The number of nitrogens with one attached hydrogen (secondary N) is 2. The average Bonchev–Trinajstić information content (AvgIpc) is 2.77. The highest BCUT2D eigenvalue weighted by molar-refractivity contribution is 6.43. The minimum atomic E-state index is -1.69. The Morgan fingerprint density at radius 2 is 1.85 bits per heavy atom. The fraction of sp³-hybridized carbons (Fsp3) is 0.292. The van der Waals surface area contributed by atoms with E-state index in [1.54, 1.807) is 24.3 Å². The number of nitrogens with zero attached hydrogens (tertiary/aromatic N) is 1. The number of nitriles is 1. The van der Waals surface area contributed by atoms with E-state index in [0.717, 1.165) is 5.56 Å². The van der Waals surface area contributed by atoms with E-state index in [4.69, 9.17) is 4.74 Å². The molecule has 1 unspecified atom stereocenters. The van der Waals surface area contributed by atoms with Crippen molar-refractivity contribution in [1.82, 2.24) is 10.6 Å². The van der Waals surface area contributed by atoms with E-state index >= 15 is 0 Å². The van der Waals surface area contributed by atoms with Crippen LogP contribution in [-0.4, -0.2) is 47.6 Å². The number of benzene rings is 2. The summed E-state index contributed by atoms with van der Waals surface area (Å²) >= 11 is 0. The molecule has 2 aromatic rings. The summed E-state index contributed by atoms with van der Waals surface area (Å²) in [4.78, 5) is 24.3. The minimum Gasteiger partial charge on any atom is -0.493 e. The third-order valence-electron chi connectivity index (χ3n) is 4.56. The predicted octanol–water partition coefficient (Wildman–Crippen LogP) is 1.63. The normalized spacial score (nSPS) is 11.9. The third-order valence-corrected chi connectivity index (χ3v) is 4.56. The average molecular weight is 449 g/mol. The third kappa shape index (κ3) is 9.19. The van der Waals surface area contributed by atoms with Crippen molar-refractivity contribution in [2.24, 2.45) is 0 Å². The molecule has 0 saturated heterocycles. The molecule has 0 aliphatic rings. The molecule has 0 aliphatic heterocycles. The molecule has 0 fully saturated rings. The molecule has 0 spiro atoms. The second-order valence-corrected chi connectivity index (χ2v) is 7.75. The van der Waals surface area contributed by atoms with Gasteiger partial charge < -0.3 is 25.4 Å². The van der Waals surface area contributed by atoms with Crippen LogP contribution in [0.1, 0.15) is 31.4 Å². The number of carbonyl (C=O) groups excluding carboxylic acids is 2. The van der Waals surface area contributed by atoms with E-state index in [9.17, 15) is 24.9 Å². The summed E-state index contributed by atoms with van der Waals surface area (Å²) < 4.78 is 5.62. The fourth-order valence-electron chi connectivity index (χ4n) is 2.99. The summed E-state index contributed by atoms with van der Waals surface area (Å²) in [7, 11) is -1.69. The van der Waals surface area contributed by atoms with E-state index in [2.05, 4.69) is 10.6 Å². The predicted molar refractivity (Wildman–Crippen MR) is 126 cm³/mol. The highest BCUT2D eigenvalue weighted by atomic mass is 16.5. The molecule has 2 amide bonds. The van der Waals surface area contributed by atoms with Crippen molar-refractivity contribution in [2.75, 3.05) is 6.61 Å². The number of hydrogen-bond donors (Lipinski definition) is 4. The second kappa shape index (κ2) is 13.1. The van der Waals surface area contributed by atoms with Crippen molar-refractivity contribution >= 4 is 25.0 Å². The molecular formula is C24H28BN3O5. The van der Waals surface area contributed by atoms with Crippen molar-refractivity contribution in [3.63, 3.8) is 0 Å². The van der Waals surface area contributed by atoms with Gasteiger partial charge in [-0.3, -0.25) is 9.59 Å². The van der Waals surface area contributed by atoms with Gasteiger partial charge in [-0.2, -0.15) is 5.26 Å². The second-order valence-electron chi connectivity index (χ2n) is 7.75. The Kier molecular flexibility index (Phi) is 10.2. The van der Waals surface area contributed by atoms with Crippen LogP contribution in [0, 0.1) is 11.3 Å². The Morgan fingerprint density at radius 1 is 1.12 bits per heavy atom. The summed E-state index contributed by atoms with van der Waals surface area (Å²) in [6.45, 7) is 3.68. The zero-order chi connectivity index (χ0) is 24.2. The van der Waals surface area contributed by atoms with Crippen LogP contribution in [0.3, 0.4) is 0 Å². The Hall–Kier alpha value is -3.61. The molecule has 0 heterocycles. The van der Waals surface area contributed by atoms with Crippen LogP contribution in [0.25, 0.3) is 6.08 Å². The smallest absolute Gasteiger partial charge is 0.475 e. The molecule has 9 heteroatoms. The summed E-state index contributed by atoms with van der Waals surface area (Å²) in [5, 5.41) is 33.7. The van der Waals surface area contributed by atoms with E-state index in [0.29, 0.717) is 11.3 Å². The first-order valence-electron chi connectivity index (χ1n) is 10.6. The SMILES string of the molecule is CC(C)NC(=O)C(C#N)=Cc1cccc(OCCC(=O)NC(Cc2ccccc2)B(O)O)c1. The summed E-state index contributed by atoms with van der Waals surface area (Å²) in [5.74, 6) is -1.19. The van der Waals surface area contributed by atoms with Crippen LogP contribution in [0.2, 0.25) is 0 Å². The van der Waals surface area contributed by atoms with Gasteiger partial charge in [0.05, 0.1) is 19.0 Å². The lowest BCUT2D eigenvalue weighted by Gasteiger charge is -2.18. The topological polar surface area (TPSA) is 132 Å². The van der Waals surface area contributed by atoms with Crippen LogP contribution in [-0.2, 0) is 16.0 Å². The van der Waals surface area contributed by atoms with Crippen LogP contribution in [0.15, 0.2) is 60.2 Å². The van der Waals surface area contributed by atoms with E-state index < -0.39 is 19.0 Å². The molecule has 172 valence electrons. The van der Waals surface area contributed by atoms with Gasteiger partial charge in [0.25, 0.3) is 5.91 Å². The Morgan fingerprint density at radius 3 is 2.48 bits per heavy atom. The number of amides is 2. The summed E-state index contributed by atoms with van der Waals surface area (Å²) in [6.07, 6.45) is 1.76. The fourth-order valence-corrected chi connectivity index (χ4v) is 2.99. The van der Waals surface area contributed by atoms with Gasteiger partial charge in [0.2, 0.25) is 5.91 Å².